The van der Waals surface area contributed by atoms with E-state index in [2.05, 4.69) is 10.3 Å². The van der Waals surface area contributed by atoms with Gasteiger partial charge in [0.15, 0.2) is 0 Å². The second-order valence-corrected chi connectivity index (χ2v) is 11.5. The van der Waals surface area contributed by atoms with Crippen molar-refractivity contribution in [2.45, 2.75) is 31.6 Å². The molecule has 1 amide bonds. The van der Waals surface area contributed by atoms with Crippen molar-refractivity contribution in [3.8, 4) is 17.0 Å². The van der Waals surface area contributed by atoms with E-state index in [0.29, 0.717) is 36.7 Å². The van der Waals surface area contributed by atoms with Crippen LogP contribution in [0.4, 0.5) is 5.69 Å². The maximum atomic E-state index is 13.4. The summed E-state index contributed by atoms with van der Waals surface area (Å²) in [6, 6.07) is 12.1. The first-order chi connectivity index (χ1) is 16.3. The Morgan fingerprint density at radius 1 is 1.29 bits per heavy atom. The predicted octanol–water partition coefficient (Wildman–Crippen LogP) is 5.21. The molecule has 1 atom stereocenters. The Bertz CT molecular complexity index is 1290. The van der Waals surface area contributed by atoms with Gasteiger partial charge in [0.25, 0.3) is 0 Å². The first-order valence-electron chi connectivity index (χ1n) is 11.0. The van der Waals surface area contributed by atoms with Crippen molar-refractivity contribution in [3.63, 3.8) is 0 Å². The number of ether oxygens (including phenoxy) is 1. The summed E-state index contributed by atoms with van der Waals surface area (Å²) in [5.41, 5.74) is 2.43. The van der Waals surface area contributed by atoms with Crippen LogP contribution in [0.3, 0.4) is 0 Å². The molecule has 4 rings (SSSR count). The summed E-state index contributed by atoms with van der Waals surface area (Å²) < 4.78 is 33.7. The lowest BCUT2D eigenvalue weighted by atomic mass is 9.98. The van der Waals surface area contributed by atoms with Gasteiger partial charge in [-0.05, 0) is 57.0 Å². The number of aromatic nitrogens is 1. The number of rotatable bonds is 7. The van der Waals surface area contributed by atoms with E-state index < -0.39 is 15.9 Å². The zero-order chi connectivity index (χ0) is 24.3. The summed E-state index contributed by atoms with van der Waals surface area (Å²) >= 11 is 7.65. The second-order valence-electron chi connectivity index (χ2n) is 8.05. The summed E-state index contributed by atoms with van der Waals surface area (Å²) in [6.45, 7) is 4.50. The molecule has 1 fully saturated rings. The van der Waals surface area contributed by atoms with Crippen molar-refractivity contribution >= 4 is 44.6 Å². The summed E-state index contributed by atoms with van der Waals surface area (Å²) in [6.07, 6.45) is 1.19. The zero-order valence-corrected chi connectivity index (χ0v) is 21.3. The van der Waals surface area contributed by atoms with E-state index in [4.69, 9.17) is 16.3 Å². The predicted molar refractivity (Wildman–Crippen MR) is 135 cm³/mol. The van der Waals surface area contributed by atoms with Crippen LogP contribution < -0.4 is 10.1 Å². The molecular formula is C24H26ClN3O4S2. The number of halogens is 1. The highest BCUT2D eigenvalue weighted by Gasteiger charge is 2.35. The fraction of sp³-hybridized carbons (Fsp3) is 0.333. The smallest absolute Gasteiger partial charge is 0.246 e. The van der Waals surface area contributed by atoms with Gasteiger partial charge in [0.1, 0.15) is 10.6 Å². The molecule has 0 saturated carbocycles. The Kier molecular flexibility index (Phi) is 7.57. The molecule has 2 aromatic carbocycles. The lowest BCUT2D eigenvalue weighted by Gasteiger charge is -2.31. The summed E-state index contributed by atoms with van der Waals surface area (Å²) in [7, 11) is -3.88. The average molecular weight is 520 g/mol. The summed E-state index contributed by atoms with van der Waals surface area (Å²) in [5, 5.41) is 6.21. The quantitative estimate of drug-likeness (QED) is 0.463. The van der Waals surface area contributed by atoms with Gasteiger partial charge in [0, 0.05) is 34.7 Å². The maximum Gasteiger partial charge on any atom is 0.246 e. The molecule has 34 heavy (non-hydrogen) atoms. The minimum absolute atomic E-state index is 0.0224. The van der Waals surface area contributed by atoms with Crippen molar-refractivity contribution in [2.75, 3.05) is 25.0 Å². The number of nitrogens with zero attached hydrogens (tertiary/aromatic N) is 2. The van der Waals surface area contributed by atoms with Crippen LogP contribution in [0.2, 0.25) is 5.02 Å². The molecule has 1 aromatic heterocycles. The number of thiazole rings is 1. The number of aryl methyl sites for hydroxylation is 1. The standard InChI is InChI=1S/C24H26ClN3O4S2/c1-3-32-22-10-9-19(25)13-23(22)34(30,31)28-11-5-7-18(14-28)24(29)27-20-8-4-6-17(12-20)21-15-33-16(2)26-21/h4,6,8-10,12-13,15,18H,3,5,7,11,14H2,1-2H3,(H,27,29). The van der Waals surface area contributed by atoms with Crippen LogP contribution in [-0.4, -0.2) is 43.3 Å². The van der Waals surface area contributed by atoms with Crippen molar-refractivity contribution in [1.29, 1.82) is 0 Å². The fourth-order valence-corrected chi connectivity index (χ4v) is 6.51. The van der Waals surface area contributed by atoms with E-state index in [9.17, 15) is 13.2 Å². The van der Waals surface area contributed by atoms with Crippen LogP contribution in [-0.2, 0) is 14.8 Å². The number of sulfonamides is 1. The number of carbonyl (C=O) groups is 1. The Hall–Kier alpha value is -2.46. The normalized spacial score (nSPS) is 16.9. The number of amides is 1. The Labute approximate surface area is 208 Å². The summed E-state index contributed by atoms with van der Waals surface area (Å²) in [5.74, 6) is -0.418. The van der Waals surface area contributed by atoms with E-state index in [0.717, 1.165) is 16.3 Å². The molecule has 1 N–H and O–H groups in total. The number of piperidine rings is 1. The molecule has 0 bridgehead atoms. The number of benzene rings is 2. The summed E-state index contributed by atoms with van der Waals surface area (Å²) in [4.78, 5) is 17.6. The lowest BCUT2D eigenvalue weighted by molar-refractivity contribution is -0.120. The van der Waals surface area contributed by atoms with Gasteiger partial charge in [0.05, 0.1) is 23.2 Å². The highest BCUT2D eigenvalue weighted by atomic mass is 35.5. The van der Waals surface area contributed by atoms with Crippen molar-refractivity contribution < 1.29 is 17.9 Å². The third-order valence-corrected chi connectivity index (χ3v) is 8.52. The molecule has 1 unspecified atom stereocenters. The SMILES string of the molecule is CCOc1ccc(Cl)cc1S(=O)(=O)N1CCCC(C(=O)Nc2cccc(-c3csc(C)n3)c2)C1. The van der Waals surface area contributed by atoms with Crippen LogP contribution in [0.15, 0.2) is 52.7 Å². The van der Waals surface area contributed by atoms with Crippen molar-refractivity contribution in [3.05, 3.63) is 57.9 Å². The number of hydrogen-bond donors (Lipinski definition) is 1. The molecule has 1 aliphatic heterocycles. The largest absolute Gasteiger partial charge is 0.492 e. The molecule has 0 aliphatic carbocycles. The van der Waals surface area contributed by atoms with E-state index >= 15 is 0 Å². The van der Waals surface area contributed by atoms with Gasteiger partial charge in [-0.2, -0.15) is 4.31 Å². The lowest BCUT2D eigenvalue weighted by Crippen LogP contribution is -2.43. The average Bonchev–Trinajstić information content (AvgIpc) is 3.27. The van der Waals surface area contributed by atoms with Gasteiger partial charge >= 0.3 is 0 Å². The highest BCUT2D eigenvalue weighted by Crippen LogP contribution is 2.32. The Morgan fingerprint density at radius 2 is 2.12 bits per heavy atom. The van der Waals surface area contributed by atoms with E-state index in [1.807, 2.05) is 36.6 Å². The minimum atomic E-state index is -3.88. The molecular weight excluding hydrogens is 494 g/mol. The van der Waals surface area contributed by atoms with Crippen molar-refractivity contribution in [1.82, 2.24) is 9.29 Å². The van der Waals surface area contributed by atoms with Crippen LogP contribution >= 0.6 is 22.9 Å². The van der Waals surface area contributed by atoms with Gasteiger partial charge in [-0.25, -0.2) is 13.4 Å². The molecule has 2 heterocycles. The topological polar surface area (TPSA) is 88.6 Å². The van der Waals surface area contributed by atoms with Crippen LogP contribution in [0.1, 0.15) is 24.8 Å². The van der Waals surface area contributed by atoms with Crippen LogP contribution in [0.25, 0.3) is 11.3 Å². The molecule has 0 spiro atoms. The van der Waals surface area contributed by atoms with Crippen molar-refractivity contribution in [2.24, 2.45) is 5.92 Å². The van der Waals surface area contributed by atoms with Gasteiger partial charge in [-0.15, -0.1) is 11.3 Å². The minimum Gasteiger partial charge on any atom is -0.492 e. The number of nitrogens with one attached hydrogen (secondary N) is 1. The van der Waals surface area contributed by atoms with E-state index in [-0.39, 0.29) is 23.1 Å². The molecule has 1 saturated heterocycles. The third kappa shape index (κ3) is 5.43. The van der Waals surface area contributed by atoms with Crippen LogP contribution in [0, 0.1) is 12.8 Å². The van der Waals surface area contributed by atoms with Gasteiger partial charge < -0.3 is 10.1 Å². The van der Waals surface area contributed by atoms with Gasteiger partial charge in [0.2, 0.25) is 15.9 Å². The number of anilines is 1. The fourth-order valence-electron chi connectivity index (χ4n) is 3.97. The highest BCUT2D eigenvalue weighted by molar-refractivity contribution is 7.89. The number of hydrogen-bond acceptors (Lipinski definition) is 6. The van der Waals surface area contributed by atoms with Crippen LogP contribution in [0.5, 0.6) is 5.75 Å². The second kappa shape index (κ2) is 10.4. The molecule has 180 valence electrons. The zero-order valence-electron chi connectivity index (χ0n) is 19.0. The molecule has 3 aromatic rings. The maximum absolute atomic E-state index is 13.4. The Balaban J connectivity index is 1.50. The third-order valence-electron chi connectivity index (χ3n) is 5.62. The van der Waals surface area contributed by atoms with E-state index in [1.165, 1.54) is 10.4 Å². The van der Waals surface area contributed by atoms with Gasteiger partial charge in [-0.1, -0.05) is 23.7 Å². The molecule has 1 aliphatic rings. The van der Waals surface area contributed by atoms with Gasteiger partial charge in [-0.3, -0.25) is 4.79 Å². The monoisotopic (exact) mass is 519 g/mol. The first kappa shape index (κ1) is 24.7. The number of carbonyl (C=O) groups excluding carboxylic acids is 1. The molecule has 0 radical (unpaired) electrons. The Morgan fingerprint density at radius 3 is 2.85 bits per heavy atom. The van der Waals surface area contributed by atoms with E-state index in [1.54, 1.807) is 30.4 Å². The molecule has 7 nitrogen and oxygen atoms in total. The molecule has 10 heteroatoms. The first-order valence-corrected chi connectivity index (χ1v) is 13.7.